The van der Waals surface area contributed by atoms with Crippen molar-refractivity contribution in [3.8, 4) is 0 Å². The molecule has 0 saturated carbocycles. The highest BCUT2D eigenvalue weighted by Gasteiger charge is 2.55. The molecule has 2 aliphatic rings. The Labute approximate surface area is 171 Å². The Morgan fingerprint density at radius 3 is 2.15 bits per heavy atom. The van der Waals surface area contributed by atoms with E-state index in [-0.39, 0.29) is 5.54 Å². The number of hydrogen-bond acceptors (Lipinski definition) is 2. The minimum atomic E-state index is 0.152. The zero-order chi connectivity index (χ0) is 20.1. The molecule has 0 bridgehead atoms. The van der Waals surface area contributed by atoms with Crippen molar-refractivity contribution >= 4 is 6.98 Å². The fraction of sp³-hybridized carbons (Fsp3) is 0.917. The lowest BCUT2D eigenvalue weighted by Gasteiger charge is -2.42. The number of nitrogens with one attached hydrogen (secondary N) is 1. The number of hydrogen-bond donors (Lipinski definition) is 1. The smallest absolute Gasteiger partial charge is 0.351 e. The number of allylic oxidation sites excluding steroid dienone is 2. The van der Waals surface area contributed by atoms with Gasteiger partial charge in [-0.1, -0.05) is 53.4 Å². The molecule has 0 amide bonds. The molecule has 0 aromatic carbocycles. The maximum Gasteiger partial charge on any atom is 0.351 e. The van der Waals surface area contributed by atoms with Gasteiger partial charge < -0.3 is 10.0 Å². The quantitative estimate of drug-likeness (QED) is 0.408. The van der Waals surface area contributed by atoms with Crippen LogP contribution in [0.1, 0.15) is 119 Å². The molecule has 1 N–H and O–H groups in total. The molecular formula is C24H47BN2. The molecule has 0 radical (unpaired) electrons. The highest BCUT2D eigenvalue weighted by atomic mass is 15.2. The molecular weight excluding hydrogens is 327 g/mol. The molecule has 0 fully saturated rings. The largest absolute Gasteiger partial charge is 0.404 e. The van der Waals surface area contributed by atoms with Gasteiger partial charge in [-0.05, 0) is 77.2 Å². The van der Waals surface area contributed by atoms with Gasteiger partial charge in [0.1, 0.15) is 0 Å². The lowest BCUT2D eigenvalue weighted by atomic mass is 9.44. The van der Waals surface area contributed by atoms with Crippen molar-refractivity contribution in [1.82, 2.24) is 10.0 Å². The van der Waals surface area contributed by atoms with Crippen LogP contribution in [0.15, 0.2) is 11.3 Å². The van der Waals surface area contributed by atoms with Gasteiger partial charge in [-0.3, -0.25) is 0 Å². The Kier molecular flexibility index (Phi) is 8.34. The van der Waals surface area contributed by atoms with Gasteiger partial charge in [0.05, 0.1) is 0 Å². The normalized spacial score (nSPS) is 20.0. The predicted octanol–water partition coefficient (Wildman–Crippen LogP) is 7.17. The van der Waals surface area contributed by atoms with Crippen LogP contribution < -0.4 is 5.23 Å². The van der Waals surface area contributed by atoms with Gasteiger partial charge in [0.25, 0.3) is 0 Å². The van der Waals surface area contributed by atoms with E-state index in [2.05, 4.69) is 58.5 Å². The minimum Gasteiger partial charge on any atom is -0.404 e. The molecule has 0 spiro atoms. The van der Waals surface area contributed by atoms with Crippen molar-refractivity contribution in [2.24, 2.45) is 5.92 Å². The Morgan fingerprint density at radius 2 is 1.63 bits per heavy atom. The summed E-state index contributed by atoms with van der Waals surface area (Å²) in [5.41, 5.74) is 3.76. The summed E-state index contributed by atoms with van der Waals surface area (Å²) in [6, 6.07) is 0. The summed E-state index contributed by atoms with van der Waals surface area (Å²) in [5, 5.41) is 4.51. The van der Waals surface area contributed by atoms with Crippen LogP contribution >= 0.6 is 0 Å². The summed E-state index contributed by atoms with van der Waals surface area (Å²) >= 11 is 0. The zero-order valence-electron chi connectivity index (χ0n) is 19.6. The predicted molar refractivity (Wildman–Crippen MR) is 122 cm³/mol. The van der Waals surface area contributed by atoms with Crippen molar-refractivity contribution in [2.45, 2.75) is 130 Å². The second-order valence-corrected chi connectivity index (χ2v) is 10.7. The molecule has 1 aliphatic carbocycles. The molecule has 1 aliphatic heterocycles. The Bertz CT molecular complexity index is 481. The van der Waals surface area contributed by atoms with E-state index in [1.165, 1.54) is 77.2 Å². The average Bonchev–Trinajstić information content (AvgIpc) is 2.84. The van der Waals surface area contributed by atoms with Crippen LogP contribution in [-0.2, 0) is 0 Å². The van der Waals surface area contributed by atoms with Gasteiger partial charge in [-0.15, -0.1) is 0 Å². The zero-order valence-corrected chi connectivity index (χ0v) is 19.6. The van der Waals surface area contributed by atoms with E-state index in [1.807, 2.05) is 5.57 Å². The second kappa shape index (κ2) is 9.85. The van der Waals surface area contributed by atoms with Gasteiger partial charge in [0.2, 0.25) is 0 Å². The molecule has 2 nitrogen and oxygen atoms in total. The lowest BCUT2D eigenvalue weighted by molar-refractivity contribution is 0.399. The van der Waals surface area contributed by atoms with E-state index in [1.54, 1.807) is 5.70 Å². The molecule has 27 heavy (non-hydrogen) atoms. The topological polar surface area (TPSA) is 15.3 Å². The fourth-order valence-electron chi connectivity index (χ4n) is 5.33. The summed E-state index contributed by atoms with van der Waals surface area (Å²) < 4.78 is 0. The van der Waals surface area contributed by atoms with Crippen molar-refractivity contribution in [1.29, 1.82) is 0 Å². The highest BCUT2D eigenvalue weighted by molar-refractivity contribution is 6.59. The molecule has 0 aromatic rings. The molecule has 3 heteroatoms. The average molecular weight is 374 g/mol. The minimum absolute atomic E-state index is 0.152. The molecule has 0 aromatic heterocycles. The molecule has 2 rings (SSSR count). The molecule has 1 heterocycles. The van der Waals surface area contributed by atoms with Crippen LogP contribution in [0.3, 0.4) is 0 Å². The van der Waals surface area contributed by atoms with Crippen LogP contribution in [0.25, 0.3) is 0 Å². The standard InChI is InChI=1S/C24H47BN2/c1-8-10-17-24(18-11-9-2)21-14-12-13-15-22(21)27(19-16-20(3)4)25(24)26-23(5,6)7/h20,26H,8-19H2,1-7H3. The SMILES string of the molecule is CCCCC1(CCCC)B(NC(C)(C)C)N(CCC(C)C)C2=C1CCCC2. The van der Waals surface area contributed by atoms with Gasteiger partial charge in [0.15, 0.2) is 0 Å². The lowest BCUT2D eigenvalue weighted by Crippen LogP contribution is -2.59. The van der Waals surface area contributed by atoms with Crippen molar-refractivity contribution in [2.75, 3.05) is 6.54 Å². The first kappa shape index (κ1) is 22.8. The third kappa shape index (κ3) is 5.55. The first-order valence-electron chi connectivity index (χ1n) is 12.0. The summed E-state index contributed by atoms with van der Waals surface area (Å²) in [7, 11) is 0. The summed E-state index contributed by atoms with van der Waals surface area (Å²) in [6.45, 7) is 18.3. The van der Waals surface area contributed by atoms with E-state index in [4.69, 9.17) is 0 Å². The van der Waals surface area contributed by atoms with Crippen LogP contribution in [0, 0.1) is 5.92 Å². The Morgan fingerprint density at radius 1 is 1.04 bits per heavy atom. The maximum atomic E-state index is 4.14. The van der Waals surface area contributed by atoms with E-state index >= 15 is 0 Å². The summed E-state index contributed by atoms with van der Waals surface area (Å²) in [6.07, 6.45) is 14.8. The first-order valence-corrected chi connectivity index (χ1v) is 12.0. The van der Waals surface area contributed by atoms with Gasteiger partial charge in [0, 0.05) is 23.1 Å². The summed E-state index contributed by atoms with van der Waals surface area (Å²) in [5.74, 6) is 0.772. The van der Waals surface area contributed by atoms with Crippen molar-refractivity contribution < 1.29 is 0 Å². The van der Waals surface area contributed by atoms with Crippen molar-refractivity contribution in [3.05, 3.63) is 11.3 Å². The van der Waals surface area contributed by atoms with Gasteiger partial charge in [-0.2, -0.15) is 0 Å². The van der Waals surface area contributed by atoms with E-state index in [0.717, 1.165) is 5.92 Å². The molecule has 0 atom stereocenters. The van der Waals surface area contributed by atoms with Crippen LogP contribution in [0.4, 0.5) is 0 Å². The Balaban J connectivity index is 2.46. The molecule has 0 saturated heterocycles. The van der Waals surface area contributed by atoms with Crippen LogP contribution in [-0.4, -0.2) is 23.9 Å². The van der Waals surface area contributed by atoms with Crippen LogP contribution in [0.2, 0.25) is 5.31 Å². The summed E-state index contributed by atoms with van der Waals surface area (Å²) in [4.78, 5) is 2.85. The second-order valence-electron chi connectivity index (χ2n) is 10.7. The monoisotopic (exact) mass is 374 g/mol. The Hall–Kier alpha value is -0.435. The fourth-order valence-corrected chi connectivity index (χ4v) is 5.33. The van der Waals surface area contributed by atoms with Gasteiger partial charge >= 0.3 is 6.98 Å². The van der Waals surface area contributed by atoms with E-state index in [9.17, 15) is 0 Å². The first-order chi connectivity index (χ1) is 12.7. The number of unbranched alkanes of at least 4 members (excludes halogenated alkanes) is 2. The third-order valence-electron chi connectivity index (χ3n) is 6.69. The van der Waals surface area contributed by atoms with E-state index < -0.39 is 0 Å². The number of rotatable bonds is 10. The van der Waals surface area contributed by atoms with Crippen LogP contribution in [0.5, 0.6) is 0 Å². The maximum absolute atomic E-state index is 4.14. The van der Waals surface area contributed by atoms with Crippen molar-refractivity contribution in [3.63, 3.8) is 0 Å². The number of nitrogens with zero attached hydrogens (tertiary/aromatic N) is 1. The molecule has 156 valence electrons. The third-order valence-corrected chi connectivity index (χ3v) is 6.69. The molecule has 0 unspecified atom stereocenters. The highest BCUT2D eigenvalue weighted by Crippen LogP contribution is 2.58. The van der Waals surface area contributed by atoms with E-state index in [0.29, 0.717) is 12.3 Å². The van der Waals surface area contributed by atoms with Gasteiger partial charge in [-0.25, -0.2) is 0 Å².